The number of rotatable bonds is 4. The Hall–Kier alpha value is -2.18. The van der Waals surface area contributed by atoms with Crippen LogP contribution in [0.4, 0.5) is 0 Å². The van der Waals surface area contributed by atoms with Crippen LogP contribution < -0.4 is 9.47 Å². The van der Waals surface area contributed by atoms with Crippen LogP contribution in [-0.2, 0) is 6.61 Å². The molecule has 0 fully saturated rings. The van der Waals surface area contributed by atoms with Crippen molar-refractivity contribution in [1.29, 1.82) is 0 Å². The molecule has 0 atom stereocenters. The first kappa shape index (κ1) is 14.2. The molecule has 0 aliphatic heterocycles. The molecule has 2 aromatic rings. The summed E-state index contributed by atoms with van der Waals surface area (Å²) in [6.45, 7) is 0.406. The maximum absolute atomic E-state index is 5.70. The SMILES string of the molecule is COc1ncccc1COc1ccc(C#CCCl)cc1. The van der Waals surface area contributed by atoms with E-state index in [1.165, 1.54) is 0 Å². The molecule has 0 amide bonds. The summed E-state index contributed by atoms with van der Waals surface area (Å²) >= 11 is 5.51. The lowest BCUT2D eigenvalue weighted by molar-refractivity contribution is 0.294. The quantitative estimate of drug-likeness (QED) is 0.639. The number of hydrogen-bond acceptors (Lipinski definition) is 3. The van der Waals surface area contributed by atoms with Gasteiger partial charge in [-0.05, 0) is 36.4 Å². The van der Waals surface area contributed by atoms with Crippen molar-refractivity contribution in [2.24, 2.45) is 0 Å². The van der Waals surface area contributed by atoms with Gasteiger partial charge in [0.25, 0.3) is 0 Å². The average molecular weight is 288 g/mol. The van der Waals surface area contributed by atoms with Crippen LogP contribution in [0.5, 0.6) is 11.6 Å². The predicted octanol–water partition coefficient (Wildman–Crippen LogP) is 3.26. The first-order valence-electron chi connectivity index (χ1n) is 6.09. The Morgan fingerprint density at radius 3 is 2.70 bits per heavy atom. The molecule has 102 valence electrons. The summed E-state index contributed by atoms with van der Waals surface area (Å²) in [6.07, 6.45) is 1.69. The minimum absolute atomic E-state index is 0.332. The highest BCUT2D eigenvalue weighted by molar-refractivity contribution is 6.19. The van der Waals surface area contributed by atoms with Crippen molar-refractivity contribution in [1.82, 2.24) is 4.98 Å². The summed E-state index contributed by atoms with van der Waals surface area (Å²) in [5, 5.41) is 0. The van der Waals surface area contributed by atoms with E-state index in [1.54, 1.807) is 13.3 Å². The average Bonchev–Trinajstić information content (AvgIpc) is 2.52. The Morgan fingerprint density at radius 2 is 2.00 bits per heavy atom. The zero-order chi connectivity index (χ0) is 14.2. The molecule has 0 saturated heterocycles. The Kier molecular flexibility index (Phi) is 5.28. The van der Waals surface area contributed by atoms with Gasteiger partial charge in [-0.3, -0.25) is 0 Å². The lowest BCUT2D eigenvalue weighted by atomic mass is 10.2. The first-order chi connectivity index (χ1) is 9.83. The molecule has 0 saturated carbocycles. The number of benzene rings is 1. The molecular formula is C16H14ClNO2. The van der Waals surface area contributed by atoms with Crippen molar-refractivity contribution in [2.45, 2.75) is 6.61 Å². The molecule has 0 aliphatic carbocycles. The molecule has 0 spiro atoms. The second kappa shape index (κ2) is 7.42. The van der Waals surface area contributed by atoms with Gasteiger partial charge in [-0.15, -0.1) is 11.6 Å². The van der Waals surface area contributed by atoms with E-state index in [9.17, 15) is 0 Å². The Bertz CT molecular complexity index is 614. The maximum Gasteiger partial charge on any atom is 0.219 e. The summed E-state index contributed by atoms with van der Waals surface area (Å²) in [6, 6.07) is 11.3. The van der Waals surface area contributed by atoms with Crippen molar-refractivity contribution in [2.75, 3.05) is 13.0 Å². The van der Waals surface area contributed by atoms with Gasteiger partial charge >= 0.3 is 0 Å². The summed E-state index contributed by atoms with van der Waals surface area (Å²) in [5.41, 5.74) is 1.82. The monoisotopic (exact) mass is 287 g/mol. The van der Waals surface area contributed by atoms with Gasteiger partial charge in [0.1, 0.15) is 12.4 Å². The Balaban J connectivity index is 2.00. The summed E-state index contributed by atoms with van der Waals surface area (Å²) in [7, 11) is 1.59. The van der Waals surface area contributed by atoms with Crippen LogP contribution in [-0.4, -0.2) is 18.0 Å². The fourth-order valence-electron chi connectivity index (χ4n) is 1.65. The van der Waals surface area contributed by atoms with E-state index in [4.69, 9.17) is 21.1 Å². The summed E-state index contributed by atoms with van der Waals surface area (Å²) in [4.78, 5) is 4.12. The number of hydrogen-bond donors (Lipinski definition) is 0. The number of methoxy groups -OCH3 is 1. The van der Waals surface area contributed by atoms with Crippen LogP contribution in [0.3, 0.4) is 0 Å². The van der Waals surface area contributed by atoms with E-state index in [-0.39, 0.29) is 0 Å². The zero-order valence-corrected chi connectivity index (χ0v) is 11.9. The standard InChI is InChI=1S/C16H14ClNO2/c1-19-16-14(5-3-11-18-16)12-20-15-8-6-13(7-9-15)4-2-10-17/h3,5-9,11H,10,12H2,1H3. The van der Waals surface area contributed by atoms with E-state index in [0.717, 1.165) is 16.9 Å². The third kappa shape index (κ3) is 3.91. The topological polar surface area (TPSA) is 31.4 Å². The smallest absolute Gasteiger partial charge is 0.219 e. The third-order valence-corrected chi connectivity index (χ3v) is 2.73. The largest absolute Gasteiger partial charge is 0.489 e. The van der Waals surface area contributed by atoms with Gasteiger partial charge < -0.3 is 9.47 Å². The van der Waals surface area contributed by atoms with E-state index < -0.39 is 0 Å². The molecule has 0 bridgehead atoms. The molecule has 3 nitrogen and oxygen atoms in total. The van der Waals surface area contributed by atoms with Gasteiger partial charge in [0.05, 0.1) is 18.6 Å². The molecule has 1 aromatic heterocycles. The fourth-order valence-corrected chi connectivity index (χ4v) is 1.72. The van der Waals surface area contributed by atoms with Crippen molar-refractivity contribution in [3.63, 3.8) is 0 Å². The minimum atomic E-state index is 0.332. The van der Waals surface area contributed by atoms with E-state index >= 15 is 0 Å². The Morgan fingerprint density at radius 1 is 1.20 bits per heavy atom. The maximum atomic E-state index is 5.70. The van der Waals surface area contributed by atoms with Gasteiger partial charge in [0.15, 0.2) is 0 Å². The second-order valence-corrected chi connectivity index (χ2v) is 4.19. The minimum Gasteiger partial charge on any atom is -0.489 e. The molecular weight excluding hydrogens is 274 g/mol. The van der Waals surface area contributed by atoms with Crippen LogP contribution >= 0.6 is 11.6 Å². The molecule has 1 aromatic carbocycles. The van der Waals surface area contributed by atoms with Crippen molar-refractivity contribution >= 4 is 11.6 Å². The van der Waals surface area contributed by atoms with Crippen LogP contribution in [0, 0.1) is 11.8 Å². The first-order valence-corrected chi connectivity index (χ1v) is 6.62. The number of halogens is 1. The van der Waals surface area contributed by atoms with Crippen molar-refractivity contribution < 1.29 is 9.47 Å². The number of alkyl halides is 1. The molecule has 0 unspecified atom stereocenters. The fraction of sp³-hybridized carbons (Fsp3) is 0.188. The van der Waals surface area contributed by atoms with Crippen molar-refractivity contribution in [3.05, 3.63) is 53.7 Å². The highest BCUT2D eigenvalue weighted by Gasteiger charge is 2.03. The molecule has 0 radical (unpaired) electrons. The van der Waals surface area contributed by atoms with Gasteiger partial charge in [0.2, 0.25) is 5.88 Å². The highest BCUT2D eigenvalue weighted by Crippen LogP contribution is 2.18. The highest BCUT2D eigenvalue weighted by atomic mass is 35.5. The van der Waals surface area contributed by atoms with E-state index in [0.29, 0.717) is 18.4 Å². The molecule has 1 heterocycles. The zero-order valence-electron chi connectivity index (χ0n) is 11.1. The lowest BCUT2D eigenvalue weighted by Gasteiger charge is -2.09. The van der Waals surface area contributed by atoms with Crippen LogP contribution in [0.1, 0.15) is 11.1 Å². The van der Waals surface area contributed by atoms with E-state index in [2.05, 4.69) is 16.8 Å². The summed E-state index contributed by atoms with van der Waals surface area (Å²) < 4.78 is 10.9. The molecule has 20 heavy (non-hydrogen) atoms. The number of ether oxygens (including phenoxy) is 2. The number of pyridine rings is 1. The van der Waals surface area contributed by atoms with Gasteiger partial charge in [0, 0.05) is 11.8 Å². The predicted molar refractivity (Wildman–Crippen MR) is 79.2 cm³/mol. The second-order valence-electron chi connectivity index (χ2n) is 3.92. The van der Waals surface area contributed by atoms with E-state index in [1.807, 2.05) is 36.4 Å². The van der Waals surface area contributed by atoms with Gasteiger partial charge in [-0.25, -0.2) is 4.98 Å². The van der Waals surface area contributed by atoms with Gasteiger partial charge in [-0.1, -0.05) is 11.8 Å². The normalized spacial score (nSPS) is 9.50. The van der Waals surface area contributed by atoms with Crippen LogP contribution in [0.25, 0.3) is 0 Å². The number of aromatic nitrogens is 1. The molecule has 0 N–H and O–H groups in total. The van der Waals surface area contributed by atoms with Crippen LogP contribution in [0.15, 0.2) is 42.6 Å². The summed E-state index contributed by atoms with van der Waals surface area (Å²) in [5.74, 6) is 7.44. The molecule has 2 rings (SSSR count). The molecule has 4 heteroatoms. The molecule has 0 aliphatic rings. The Labute approximate surface area is 123 Å². The number of nitrogens with zero attached hydrogens (tertiary/aromatic N) is 1. The third-order valence-electron chi connectivity index (χ3n) is 2.59. The van der Waals surface area contributed by atoms with Crippen molar-refractivity contribution in [3.8, 4) is 23.5 Å². The van der Waals surface area contributed by atoms with Gasteiger partial charge in [-0.2, -0.15) is 0 Å². The van der Waals surface area contributed by atoms with Crippen LogP contribution in [0.2, 0.25) is 0 Å². The lowest BCUT2D eigenvalue weighted by Crippen LogP contribution is -2.00.